The van der Waals surface area contributed by atoms with Gasteiger partial charge in [0, 0.05) is 43.3 Å². The van der Waals surface area contributed by atoms with Crippen LogP contribution in [0.4, 0.5) is 5.69 Å². The minimum absolute atomic E-state index is 0.111. The summed E-state index contributed by atoms with van der Waals surface area (Å²) in [6, 6.07) is 17.0. The summed E-state index contributed by atoms with van der Waals surface area (Å²) in [5.74, 6) is 1.10. The van der Waals surface area contributed by atoms with E-state index >= 15 is 0 Å². The molecule has 1 aliphatic heterocycles. The maximum Gasteiger partial charge on any atom is 0.106 e. The lowest BCUT2D eigenvalue weighted by Gasteiger charge is -2.39. The molecule has 144 valence electrons. The average Bonchev–Trinajstić information content (AvgIpc) is 2.70. The number of fused-ring (bicyclic) bond motifs is 1. The fourth-order valence-electron chi connectivity index (χ4n) is 3.59. The van der Waals surface area contributed by atoms with Crippen LogP contribution in [0.2, 0.25) is 0 Å². The Labute approximate surface area is 170 Å². The number of nitrogens with zero attached hydrogens (tertiary/aromatic N) is 2. The molecule has 0 amide bonds. The van der Waals surface area contributed by atoms with Gasteiger partial charge in [0.15, 0.2) is 0 Å². The third kappa shape index (κ3) is 4.98. The predicted octanol–water partition coefficient (Wildman–Crippen LogP) is 5.08. The number of hydrogen-bond acceptors (Lipinski definition) is 4. The summed E-state index contributed by atoms with van der Waals surface area (Å²) >= 11 is 3.62. The van der Waals surface area contributed by atoms with E-state index in [1.807, 2.05) is 6.07 Å². The summed E-state index contributed by atoms with van der Waals surface area (Å²) in [7, 11) is 1.74. The van der Waals surface area contributed by atoms with Gasteiger partial charge in [-0.1, -0.05) is 46.3 Å². The Hall–Kier alpha value is -1.69. The lowest BCUT2D eigenvalue weighted by atomic mass is 9.93. The molecule has 1 N–H and O–H groups in total. The highest BCUT2D eigenvalue weighted by Crippen LogP contribution is 2.41. The summed E-state index contributed by atoms with van der Waals surface area (Å²) in [6.45, 7) is 1.74. The highest BCUT2D eigenvalue weighted by atomic mass is 79.9. The Bertz CT molecular complexity index is 764. The van der Waals surface area contributed by atoms with Gasteiger partial charge in [0.1, 0.15) is 5.84 Å². The molecule has 27 heavy (non-hydrogen) atoms. The summed E-state index contributed by atoms with van der Waals surface area (Å²) < 4.78 is 6.25. The van der Waals surface area contributed by atoms with Gasteiger partial charge in [-0.3, -0.25) is 0 Å². The summed E-state index contributed by atoms with van der Waals surface area (Å²) in [6.07, 6.45) is 3.69. The summed E-state index contributed by atoms with van der Waals surface area (Å²) in [4.78, 5) is 7.36. The molecule has 0 fully saturated rings. The molecular formula is C22H27BrN2O2. The summed E-state index contributed by atoms with van der Waals surface area (Å²) in [5, 5.41) is 9.43. The number of benzene rings is 2. The zero-order valence-electron chi connectivity index (χ0n) is 15.8. The number of halogens is 1. The molecule has 1 atom stereocenters. The molecule has 0 aliphatic carbocycles. The molecule has 3 rings (SSSR count). The normalized spacial score (nSPS) is 16.2. The number of aliphatic hydroxyl groups excluding tert-OH is 1. The van der Waals surface area contributed by atoms with E-state index in [1.54, 1.807) is 7.11 Å². The number of ether oxygens (including phenoxy) is 1. The Kier molecular flexibility index (Phi) is 7.44. The van der Waals surface area contributed by atoms with Gasteiger partial charge in [0.2, 0.25) is 0 Å². The number of rotatable bonds is 9. The van der Waals surface area contributed by atoms with E-state index in [2.05, 4.69) is 63.3 Å². The third-order valence-corrected chi connectivity index (χ3v) is 5.34. The number of aliphatic imine (C=N–C) groups is 1. The van der Waals surface area contributed by atoms with E-state index in [9.17, 15) is 5.11 Å². The Morgan fingerprint density at radius 2 is 1.93 bits per heavy atom. The molecule has 0 saturated heterocycles. The van der Waals surface area contributed by atoms with Gasteiger partial charge in [-0.2, -0.15) is 0 Å². The average molecular weight is 431 g/mol. The second-order valence-electron chi connectivity index (χ2n) is 6.76. The first kappa shape index (κ1) is 20.1. The number of aliphatic hydroxyl groups is 1. The van der Waals surface area contributed by atoms with Gasteiger partial charge < -0.3 is 14.7 Å². The standard InChI is InChI=1S/C22H27BrN2O2/c1-27-15-6-5-10-21-24-20-12-11-18(23)16-19(20)22(25(21)13-7-14-26)17-8-3-2-4-9-17/h2-4,8-9,11-12,16,22,26H,5-7,10,13-15H2,1H3. The fraction of sp³-hybridized carbons (Fsp3) is 0.409. The fourth-order valence-corrected chi connectivity index (χ4v) is 3.97. The molecule has 1 aliphatic rings. The monoisotopic (exact) mass is 430 g/mol. The van der Waals surface area contributed by atoms with Crippen LogP contribution in [0, 0.1) is 0 Å². The Morgan fingerprint density at radius 1 is 1.11 bits per heavy atom. The lowest BCUT2D eigenvalue weighted by molar-refractivity contribution is 0.193. The SMILES string of the molecule is COCCCCC1=Nc2ccc(Br)cc2C(c2ccccc2)N1CCCO. The second-order valence-corrected chi connectivity index (χ2v) is 7.68. The predicted molar refractivity (Wildman–Crippen MR) is 114 cm³/mol. The zero-order valence-corrected chi connectivity index (χ0v) is 17.4. The number of amidine groups is 1. The van der Waals surface area contributed by atoms with Crippen molar-refractivity contribution in [3.05, 3.63) is 64.1 Å². The van der Waals surface area contributed by atoms with Crippen molar-refractivity contribution in [1.82, 2.24) is 4.90 Å². The molecule has 0 radical (unpaired) electrons. The highest BCUT2D eigenvalue weighted by Gasteiger charge is 2.30. The van der Waals surface area contributed by atoms with Gasteiger partial charge in [-0.05, 0) is 43.0 Å². The quantitative estimate of drug-likeness (QED) is 0.563. The number of methoxy groups -OCH3 is 1. The Morgan fingerprint density at radius 3 is 2.67 bits per heavy atom. The van der Waals surface area contributed by atoms with E-state index in [1.165, 1.54) is 11.1 Å². The van der Waals surface area contributed by atoms with Crippen LogP contribution in [-0.2, 0) is 4.74 Å². The third-order valence-electron chi connectivity index (χ3n) is 4.85. The first-order valence-corrected chi connectivity index (χ1v) is 10.3. The van der Waals surface area contributed by atoms with E-state index in [0.29, 0.717) is 0 Å². The van der Waals surface area contributed by atoms with Crippen molar-refractivity contribution in [2.24, 2.45) is 4.99 Å². The molecule has 1 heterocycles. The number of hydrogen-bond donors (Lipinski definition) is 1. The van der Waals surface area contributed by atoms with Crippen LogP contribution < -0.4 is 0 Å². The maximum absolute atomic E-state index is 9.43. The van der Waals surface area contributed by atoms with Gasteiger partial charge in [0.25, 0.3) is 0 Å². The van der Waals surface area contributed by atoms with Gasteiger partial charge in [-0.15, -0.1) is 0 Å². The number of unbranched alkanes of at least 4 members (excludes halogenated alkanes) is 1. The Balaban J connectivity index is 1.99. The maximum atomic E-state index is 9.43. The minimum atomic E-state index is 0.111. The van der Waals surface area contributed by atoms with Crippen molar-refractivity contribution in [2.75, 3.05) is 26.9 Å². The van der Waals surface area contributed by atoms with Gasteiger partial charge >= 0.3 is 0 Å². The largest absolute Gasteiger partial charge is 0.396 e. The van der Waals surface area contributed by atoms with Crippen LogP contribution in [-0.4, -0.2) is 42.7 Å². The van der Waals surface area contributed by atoms with Crippen molar-refractivity contribution in [2.45, 2.75) is 31.7 Å². The molecule has 4 nitrogen and oxygen atoms in total. The van der Waals surface area contributed by atoms with Crippen LogP contribution in [0.5, 0.6) is 0 Å². The van der Waals surface area contributed by atoms with Crippen LogP contribution in [0.25, 0.3) is 0 Å². The van der Waals surface area contributed by atoms with E-state index in [0.717, 1.165) is 54.8 Å². The second kappa shape index (κ2) is 10.0. The molecule has 2 aromatic rings. The molecule has 2 aromatic carbocycles. The molecule has 5 heteroatoms. The topological polar surface area (TPSA) is 45.1 Å². The van der Waals surface area contributed by atoms with E-state index < -0.39 is 0 Å². The molecule has 0 bridgehead atoms. The van der Waals surface area contributed by atoms with E-state index in [4.69, 9.17) is 9.73 Å². The van der Waals surface area contributed by atoms with Crippen LogP contribution >= 0.6 is 15.9 Å². The van der Waals surface area contributed by atoms with Gasteiger partial charge in [-0.25, -0.2) is 4.99 Å². The highest BCUT2D eigenvalue weighted by molar-refractivity contribution is 9.10. The molecular weight excluding hydrogens is 404 g/mol. The van der Waals surface area contributed by atoms with Crippen LogP contribution in [0.3, 0.4) is 0 Å². The lowest BCUT2D eigenvalue weighted by Crippen LogP contribution is -2.38. The zero-order chi connectivity index (χ0) is 19.1. The van der Waals surface area contributed by atoms with Crippen LogP contribution in [0.15, 0.2) is 58.0 Å². The van der Waals surface area contributed by atoms with Crippen LogP contribution in [0.1, 0.15) is 42.9 Å². The molecule has 0 spiro atoms. The molecule has 1 unspecified atom stereocenters. The minimum Gasteiger partial charge on any atom is -0.396 e. The van der Waals surface area contributed by atoms with Crippen molar-refractivity contribution in [3.8, 4) is 0 Å². The van der Waals surface area contributed by atoms with Crippen molar-refractivity contribution >= 4 is 27.5 Å². The summed E-state index contributed by atoms with van der Waals surface area (Å²) in [5.41, 5.74) is 3.49. The van der Waals surface area contributed by atoms with Crippen molar-refractivity contribution in [3.63, 3.8) is 0 Å². The molecule has 0 saturated carbocycles. The first-order chi connectivity index (χ1) is 13.2. The first-order valence-electron chi connectivity index (χ1n) is 9.53. The van der Waals surface area contributed by atoms with Crippen molar-refractivity contribution < 1.29 is 9.84 Å². The van der Waals surface area contributed by atoms with Gasteiger partial charge in [0.05, 0.1) is 11.7 Å². The molecule has 0 aromatic heterocycles. The smallest absolute Gasteiger partial charge is 0.106 e. The van der Waals surface area contributed by atoms with E-state index in [-0.39, 0.29) is 12.6 Å². The van der Waals surface area contributed by atoms with Crippen molar-refractivity contribution in [1.29, 1.82) is 0 Å².